The van der Waals surface area contributed by atoms with Crippen molar-refractivity contribution in [3.05, 3.63) is 41.5 Å². The summed E-state index contributed by atoms with van der Waals surface area (Å²) in [7, 11) is -0.564. The van der Waals surface area contributed by atoms with Crippen LogP contribution in [0.15, 0.2) is 40.8 Å². The number of hydrogen-bond donors (Lipinski definition) is 1. The molecule has 1 unspecified atom stereocenters. The summed E-state index contributed by atoms with van der Waals surface area (Å²) in [6.07, 6.45) is 1.32. The molecule has 23 heavy (non-hydrogen) atoms. The Morgan fingerprint density at radius 1 is 1.30 bits per heavy atom. The van der Waals surface area contributed by atoms with Crippen LogP contribution in [0, 0.1) is 6.92 Å². The Bertz CT molecular complexity index is 693. The lowest BCUT2D eigenvalue weighted by atomic mass is 10.0. The quantitative estimate of drug-likeness (QED) is 0.657. The third kappa shape index (κ3) is 4.63. The van der Waals surface area contributed by atoms with Crippen molar-refractivity contribution in [2.24, 2.45) is 0 Å². The topological polar surface area (TPSA) is 75.7 Å². The molecule has 1 aromatic rings. The van der Waals surface area contributed by atoms with E-state index in [0.29, 0.717) is 25.1 Å². The Balaban J connectivity index is 2.21. The largest absolute Gasteiger partial charge is 0.345 e. The van der Waals surface area contributed by atoms with Crippen molar-refractivity contribution < 1.29 is 17.4 Å². The summed E-state index contributed by atoms with van der Waals surface area (Å²) in [4.78, 5) is 13.4. The number of hydrogen-bond acceptors (Lipinski definition) is 5. The van der Waals surface area contributed by atoms with Crippen molar-refractivity contribution >= 4 is 16.0 Å². The van der Waals surface area contributed by atoms with Gasteiger partial charge in [-0.15, -0.1) is 0 Å². The van der Waals surface area contributed by atoms with Crippen LogP contribution in [0.1, 0.15) is 12.0 Å². The van der Waals surface area contributed by atoms with E-state index in [0.717, 1.165) is 5.56 Å². The van der Waals surface area contributed by atoms with E-state index in [1.807, 2.05) is 6.92 Å². The fourth-order valence-corrected chi connectivity index (χ4v) is 3.33. The van der Waals surface area contributed by atoms with Gasteiger partial charge in [0, 0.05) is 26.7 Å². The summed E-state index contributed by atoms with van der Waals surface area (Å²) >= 11 is 0. The molecule has 1 saturated heterocycles. The molecule has 0 spiro atoms. The van der Waals surface area contributed by atoms with Crippen LogP contribution in [-0.4, -0.2) is 52.5 Å². The Labute approximate surface area is 137 Å². The molecule has 1 aliphatic heterocycles. The summed E-state index contributed by atoms with van der Waals surface area (Å²) in [5.41, 5.74) is 1.62. The van der Waals surface area contributed by atoms with Crippen LogP contribution < -0.4 is 5.32 Å². The number of piperidine rings is 1. The van der Waals surface area contributed by atoms with Gasteiger partial charge in [-0.3, -0.25) is 8.98 Å². The molecule has 7 heteroatoms. The van der Waals surface area contributed by atoms with Gasteiger partial charge in [-0.1, -0.05) is 17.7 Å². The first-order valence-electron chi connectivity index (χ1n) is 7.42. The molecule has 0 radical (unpaired) electrons. The Morgan fingerprint density at radius 3 is 2.57 bits per heavy atom. The van der Waals surface area contributed by atoms with Crippen LogP contribution in [0.2, 0.25) is 0 Å². The lowest BCUT2D eigenvalue weighted by Gasteiger charge is -2.26. The van der Waals surface area contributed by atoms with E-state index in [1.54, 1.807) is 26.2 Å². The van der Waals surface area contributed by atoms with Crippen LogP contribution in [0.5, 0.6) is 0 Å². The first kappa shape index (κ1) is 17.7. The lowest BCUT2D eigenvalue weighted by molar-refractivity contribution is -0.123. The second kappa shape index (κ2) is 7.25. The molecule has 1 heterocycles. The average molecular weight is 338 g/mol. The van der Waals surface area contributed by atoms with Crippen molar-refractivity contribution in [3.63, 3.8) is 0 Å². The highest BCUT2D eigenvalue weighted by molar-refractivity contribution is 7.86. The zero-order valence-corrected chi connectivity index (χ0v) is 14.4. The Hall–Kier alpha value is -1.70. The molecule has 1 fully saturated rings. The van der Waals surface area contributed by atoms with Crippen molar-refractivity contribution in [3.8, 4) is 0 Å². The maximum absolute atomic E-state index is 12.4. The second-order valence-corrected chi connectivity index (χ2v) is 7.34. The van der Waals surface area contributed by atoms with Gasteiger partial charge < -0.3 is 10.2 Å². The highest BCUT2D eigenvalue weighted by atomic mass is 32.2. The van der Waals surface area contributed by atoms with E-state index >= 15 is 0 Å². The highest BCUT2D eigenvalue weighted by Gasteiger charge is 2.27. The second-order valence-electron chi connectivity index (χ2n) is 5.77. The van der Waals surface area contributed by atoms with Crippen LogP contribution in [0.4, 0.5) is 0 Å². The number of aryl methyl sites for hydroxylation is 1. The molecule has 6 nitrogen and oxygen atoms in total. The average Bonchev–Trinajstić information content (AvgIpc) is 2.49. The van der Waals surface area contributed by atoms with E-state index < -0.39 is 16.2 Å². The maximum Gasteiger partial charge on any atom is 0.297 e. The predicted octanol–water partition coefficient (Wildman–Crippen LogP) is 1.08. The van der Waals surface area contributed by atoms with E-state index in [9.17, 15) is 13.2 Å². The van der Waals surface area contributed by atoms with Crippen LogP contribution in [0.25, 0.3) is 0 Å². The number of carbonyl (C=O) groups excluding carboxylic acids is 1. The van der Waals surface area contributed by atoms with E-state index in [2.05, 4.69) is 5.32 Å². The summed E-state index contributed by atoms with van der Waals surface area (Å²) in [6, 6.07) is 6.51. The molecule has 0 aliphatic carbocycles. The van der Waals surface area contributed by atoms with E-state index in [4.69, 9.17) is 4.18 Å². The van der Waals surface area contributed by atoms with Crippen LogP contribution in [-0.2, 0) is 19.1 Å². The van der Waals surface area contributed by atoms with E-state index in [1.165, 1.54) is 23.1 Å². The van der Waals surface area contributed by atoms with Gasteiger partial charge in [0.25, 0.3) is 10.1 Å². The zero-order valence-electron chi connectivity index (χ0n) is 13.6. The molecule has 0 bridgehead atoms. The van der Waals surface area contributed by atoms with Gasteiger partial charge in [0.1, 0.15) is 6.10 Å². The normalized spacial score (nSPS) is 20.5. The summed E-state index contributed by atoms with van der Waals surface area (Å²) < 4.78 is 30.2. The molecule has 0 saturated carbocycles. The fraction of sp³-hybridized carbons (Fsp3) is 0.438. The molecule has 1 amide bonds. The van der Waals surface area contributed by atoms with Gasteiger partial charge in [0.15, 0.2) is 0 Å². The summed E-state index contributed by atoms with van der Waals surface area (Å²) in [6.45, 7) is 2.97. The van der Waals surface area contributed by atoms with Crippen LogP contribution >= 0.6 is 0 Å². The fourth-order valence-electron chi connectivity index (χ4n) is 2.22. The monoisotopic (exact) mass is 338 g/mol. The standard InChI is InChI=1S/C16H22N2O4S/c1-12-4-6-14(7-5-12)23(20,21)22-15-8-9-17-11-13(15)10-16(19)18(2)3/h4-7,10,15,17H,8-9,11H2,1-3H3/b13-10-. The SMILES string of the molecule is Cc1ccc(S(=O)(=O)OC2CCNC/C2=C/C(=O)N(C)C)cc1. The number of amides is 1. The number of carbonyl (C=O) groups is 1. The Kier molecular flexibility index (Phi) is 5.56. The predicted molar refractivity (Wildman–Crippen MR) is 87.5 cm³/mol. The molecular formula is C16H22N2O4S. The first-order chi connectivity index (χ1) is 10.8. The number of nitrogens with zero attached hydrogens (tertiary/aromatic N) is 1. The number of rotatable bonds is 4. The molecule has 1 aromatic carbocycles. The van der Waals surface area contributed by atoms with Gasteiger partial charge in [0.05, 0.1) is 4.90 Å². The molecule has 1 atom stereocenters. The zero-order chi connectivity index (χ0) is 17.0. The minimum Gasteiger partial charge on any atom is -0.345 e. The Morgan fingerprint density at radius 2 is 1.96 bits per heavy atom. The minimum atomic E-state index is -3.86. The van der Waals surface area contributed by atoms with Crippen molar-refractivity contribution in [2.75, 3.05) is 27.2 Å². The van der Waals surface area contributed by atoms with Gasteiger partial charge in [-0.2, -0.15) is 8.42 Å². The molecule has 126 valence electrons. The number of likely N-dealkylation sites (N-methyl/N-ethyl adjacent to an activating group) is 1. The summed E-state index contributed by atoms with van der Waals surface area (Å²) in [5, 5.41) is 3.13. The lowest BCUT2D eigenvalue weighted by Crippen LogP contribution is -2.37. The van der Waals surface area contributed by atoms with Gasteiger partial charge in [0.2, 0.25) is 5.91 Å². The van der Waals surface area contributed by atoms with Crippen LogP contribution in [0.3, 0.4) is 0 Å². The smallest absolute Gasteiger partial charge is 0.297 e. The van der Waals surface area contributed by atoms with Crippen molar-refractivity contribution in [1.29, 1.82) is 0 Å². The third-order valence-corrected chi connectivity index (χ3v) is 4.96. The molecule has 1 aliphatic rings. The molecule has 2 rings (SSSR count). The maximum atomic E-state index is 12.4. The van der Waals surface area contributed by atoms with Gasteiger partial charge in [-0.25, -0.2) is 0 Å². The number of nitrogens with one attached hydrogen (secondary N) is 1. The van der Waals surface area contributed by atoms with Crippen molar-refractivity contribution in [1.82, 2.24) is 10.2 Å². The first-order valence-corrected chi connectivity index (χ1v) is 8.83. The van der Waals surface area contributed by atoms with E-state index in [-0.39, 0.29) is 10.8 Å². The highest BCUT2D eigenvalue weighted by Crippen LogP contribution is 2.22. The summed E-state index contributed by atoms with van der Waals surface area (Å²) in [5.74, 6) is -0.190. The minimum absolute atomic E-state index is 0.125. The number of benzene rings is 1. The molecule has 1 N–H and O–H groups in total. The van der Waals surface area contributed by atoms with Gasteiger partial charge >= 0.3 is 0 Å². The van der Waals surface area contributed by atoms with Crippen molar-refractivity contribution in [2.45, 2.75) is 24.3 Å². The van der Waals surface area contributed by atoms with Gasteiger partial charge in [-0.05, 0) is 37.6 Å². The molecule has 0 aromatic heterocycles. The third-order valence-electron chi connectivity index (χ3n) is 3.63. The molecular weight excluding hydrogens is 316 g/mol.